The van der Waals surface area contributed by atoms with Crippen LogP contribution in [-0.2, 0) is 16.1 Å². The molecule has 0 spiro atoms. The molecule has 2 unspecified atom stereocenters. The minimum absolute atomic E-state index is 0.0312. The lowest BCUT2D eigenvalue weighted by Crippen LogP contribution is -2.50. The quantitative estimate of drug-likeness (QED) is 0.865. The van der Waals surface area contributed by atoms with Crippen LogP contribution in [0.4, 0.5) is 8.78 Å². The van der Waals surface area contributed by atoms with E-state index in [1.165, 1.54) is 13.2 Å². The monoisotopic (exact) mass is 354 g/mol. The number of carbonyl (C=O) groups is 1. The summed E-state index contributed by atoms with van der Waals surface area (Å²) in [7, 11) is 1.48. The SMILES string of the molecule is COCC(=O)N1CC2CCN(Cc3cccc(F)c3F)CC2(CO)C1. The highest BCUT2D eigenvalue weighted by atomic mass is 19.2. The Labute approximate surface area is 146 Å². The van der Waals surface area contributed by atoms with Crippen LogP contribution in [0.15, 0.2) is 18.2 Å². The minimum atomic E-state index is -0.846. The highest BCUT2D eigenvalue weighted by molar-refractivity contribution is 5.77. The normalized spacial score (nSPS) is 26.7. The van der Waals surface area contributed by atoms with E-state index in [4.69, 9.17) is 4.74 Å². The molecular formula is C18H24F2N2O3. The number of amides is 1. The van der Waals surface area contributed by atoms with Crippen LogP contribution in [0.5, 0.6) is 0 Å². The molecular weight excluding hydrogens is 330 g/mol. The molecule has 1 amide bonds. The number of piperidine rings is 1. The largest absolute Gasteiger partial charge is 0.396 e. The molecule has 0 radical (unpaired) electrons. The van der Waals surface area contributed by atoms with Crippen LogP contribution >= 0.6 is 0 Å². The molecule has 2 aliphatic heterocycles. The summed E-state index contributed by atoms with van der Waals surface area (Å²) in [5, 5.41) is 10.0. The van der Waals surface area contributed by atoms with Gasteiger partial charge in [-0.25, -0.2) is 8.78 Å². The topological polar surface area (TPSA) is 53.0 Å². The highest BCUT2D eigenvalue weighted by Gasteiger charge is 2.50. The zero-order valence-corrected chi connectivity index (χ0v) is 14.4. The van der Waals surface area contributed by atoms with Gasteiger partial charge in [0.05, 0.1) is 6.61 Å². The van der Waals surface area contributed by atoms with Gasteiger partial charge >= 0.3 is 0 Å². The lowest BCUT2D eigenvalue weighted by atomic mass is 9.74. The summed E-state index contributed by atoms with van der Waals surface area (Å²) in [5.41, 5.74) is -0.0947. The van der Waals surface area contributed by atoms with Crippen molar-refractivity contribution in [3.05, 3.63) is 35.4 Å². The summed E-state index contributed by atoms with van der Waals surface area (Å²) in [6.07, 6.45) is 0.814. The summed E-state index contributed by atoms with van der Waals surface area (Å²) in [4.78, 5) is 15.9. The van der Waals surface area contributed by atoms with Crippen LogP contribution < -0.4 is 0 Å². The molecule has 2 aliphatic rings. The van der Waals surface area contributed by atoms with Gasteiger partial charge in [0, 0.05) is 44.3 Å². The molecule has 2 atom stereocenters. The van der Waals surface area contributed by atoms with Crippen molar-refractivity contribution in [2.75, 3.05) is 46.5 Å². The maximum atomic E-state index is 13.9. The third kappa shape index (κ3) is 3.54. The van der Waals surface area contributed by atoms with E-state index >= 15 is 0 Å². The fourth-order valence-corrected chi connectivity index (χ4v) is 4.15. The Bertz CT molecular complexity index is 643. The van der Waals surface area contributed by atoms with Crippen LogP contribution in [0.25, 0.3) is 0 Å². The first-order valence-corrected chi connectivity index (χ1v) is 8.52. The van der Waals surface area contributed by atoms with Gasteiger partial charge in [0.15, 0.2) is 11.6 Å². The fourth-order valence-electron chi connectivity index (χ4n) is 4.15. The van der Waals surface area contributed by atoms with Gasteiger partial charge in [-0.15, -0.1) is 0 Å². The molecule has 5 nitrogen and oxygen atoms in total. The molecule has 0 aliphatic carbocycles. The maximum absolute atomic E-state index is 13.9. The summed E-state index contributed by atoms with van der Waals surface area (Å²) < 4.78 is 32.3. The average Bonchev–Trinajstić information content (AvgIpc) is 2.99. The summed E-state index contributed by atoms with van der Waals surface area (Å²) >= 11 is 0. The second kappa shape index (κ2) is 7.35. The van der Waals surface area contributed by atoms with Crippen molar-refractivity contribution in [2.45, 2.75) is 13.0 Å². The number of carbonyl (C=O) groups excluding carboxylic acids is 1. The number of methoxy groups -OCH3 is 1. The summed E-state index contributed by atoms with van der Waals surface area (Å²) in [6, 6.07) is 4.19. The van der Waals surface area contributed by atoms with E-state index in [0.29, 0.717) is 31.7 Å². The van der Waals surface area contributed by atoms with E-state index in [9.17, 15) is 18.7 Å². The third-order valence-corrected chi connectivity index (χ3v) is 5.51. The molecule has 0 saturated carbocycles. The van der Waals surface area contributed by atoms with Crippen molar-refractivity contribution >= 4 is 5.91 Å². The van der Waals surface area contributed by atoms with Gasteiger partial charge < -0.3 is 14.7 Å². The number of benzene rings is 1. The van der Waals surface area contributed by atoms with E-state index in [2.05, 4.69) is 0 Å². The van der Waals surface area contributed by atoms with E-state index in [-0.39, 0.29) is 25.0 Å². The Morgan fingerprint density at radius 2 is 2.20 bits per heavy atom. The van der Waals surface area contributed by atoms with Crippen LogP contribution in [0.3, 0.4) is 0 Å². The smallest absolute Gasteiger partial charge is 0.248 e. The predicted octanol–water partition coefficient (Wildman–Crippen LogP) is 1.25. The zero-order valence-electron chi connectivity index (χ0n) is 14.4. The first-order valence-electron chi connectivity index (χ1n) is 8.52. The van der Waals surface area contributed by atoms with Gasteiger partial charge in [-0.1, -0.05) is 12.1 Å². The van der Waals surface area contributed by atoms with E-state index in [1.807, 2.05) is 4.90 Å². The molecule has 2 fully saturated rings. The number of fused-ring (bicyclic) bond motifs is 1. The van der Waals surface area contributed by atoms with Gasteiger partial charge in [-0.3, -0.25) is 9.69 Å². The second-order valence-electron chi connectivity index (χ2n) is 7.14. The Balaban J connectivity index is 1.71. The number of likely N-dealkylation sites (tertiary alicyclic amines) is 2. The van der Waals surface area contributed by atoms with E-state index in [1.54, 1.807) is 11.0 Å². The summed E-state index contributed by atoms with van der Waals surface area (Å²) in [6.45, 7) is 2.67. The molecule has 1 aromatic carbocycles. The number of rotatable bonds is 5. The molecule has 2 heterocycles. The Morgan fingerprint density at radius 1 is 1.40 bits per heavy atom. The maximum Gasteiger partial charge on any atom is 0.248 e. The highest BCUT2D eigenvalue weighted by Crippen LogP contribution is 2.42. The fraction of sp³-hybridized carbons (Fsp3) is 0.611. The van der Waals surface area contributed by atoms with Gasteiger partial charge in [0.2, 0.25) is 5.91 Å². The molecule has 138 valence electrons. The first kappa shape index (κ1) is 18.2. The van der Waals surface area contributed by atoms with Gasteiger partial charge in [-0.05, 0) is 24.9 Å². The molecule has 1 aromatic rings. The number of halogens is 2. The van der Waals surface area contributed by atoms with Crippen molar-refractivity contribution in [1.29, 1.82) is 0 Å². The Hall–Kier alpha value is -1.57. The van der Waals surface area contributed by atoms with Crippen molar-refractivity contribution in [2.24, 2.45) is 11.3 Å². The van der Waals surface area contributed by atoms with Crippen molar-refractivity contribution < 1.29 is 23.4 Å². The lowest BCUT2D eigenvalue weighted by Gasteiger charge is -2.43. The van der Waals surface area contributed by atoms with Crippen LogP contribution in [0.2, 0.25) is 0 Å². The molecule has 0 aromatic heterocycles. The van der Waals surface area contributed by atoms with Crippen LogP contribution in [-0.4, -0.2) is 67.3 Å². The number of hydrogen-bond acceptors (Lipinski definition) is 4. The number of ether oxygens (including phenoxy) is 1. The van der Waals surface area contributed by atoms with Crippen LogP contribution in [0.1, 0.15) is 12.0 Å². The second-order valence-corrected chi connectivity index (χ2v) is 7.14. The first-order chi connectivity index (χ1) is 12.0. The lowest BCUT2D eigenvalue weighted by molar-refractivity contribution is -0.134. The number of aliphatic hydroxyl groups excluding tert-OH is 1. The van der Waals surface area contributed by atoms with E-state index in [0.717, 1.165) is 19.0 Å². The predicted molar refractivity (Wildman–Crippen MR) is 87.7 cm³/mol. The molecule has 25 heavy (non-hydrogen) atoms. The molecule has 2 saturated heterocycles. The van der Waals surface area contributed by atoms with Gasteiger partial charge in [0.25, 0.3) is 0 Å². The standard InChI is InChI=1S/C18H24F2N2O3/c1-25-9-16(24)22-8-14-5-6-21(10-18(14,11-22)12-23)7-13-3-2-4-15(19)17(13)20/h2-4,14,23H,5-12H2,1H3. The van der Waals surface area contributed by atoms with Gasteiger partial charge in [0.1, 0.15) is 6.61 Å². The number of nitrogens with zero attached hydrogens (tertiary/aromatic N) is 2. The van der Waals surface area contributed by atoms with E-state index < -0.39 is 17.0 Å². The zero-order chi connectivity index (χ0) is 18.0. The average molecular weight is 354 g/mol. The third-order valence-electron chi connectivity index (χ3n) is 5.51. The molecule has 3 rings (SSSR count). The Kier molecular flexibility index (Phi) is 5.36. The Morgan fingerprint density at radius 3 is 2.92 bits per heavy atom. The van der Waals surface area contributed by atoms with Crippen molar-refractivity contribution in [1.82, 2.24) is 9.80 Å². The van der Waals surface area contributed by atoms with Gasteiger partial charge in [-0.2, -0.15) is 0 Å². The summed E-state index contributed by atoms with van der Waals surface area (Å²) in [5.74, 6) is -1.52. The number of aliphatic hydroxyl groups is 1. The number of hydrogen-bond donors (Lipinski definition) is 1. The molecule has 1 N–H and O–H groups in total. The molecule has 7 heteroatoms. The van der Waals surface area contributed by atoms with Crippen LogP contribution in [0, 0.1) is 23.0 Å². The molecule has 0 bridgehead atoms. The van der Waals surface area contributed by atoms with Crippen molar-refractivity contribution in [3.8, 4) is 0 Å². The minimum Gasteiger partial charge on any atom is -0.396 e. The van der Waals surface area contributed by atoms with Crippen molar-refractivity contribution in [3.63, 3.8) is 0 Å².